The standard InChI is InChI=1S/C16H20N2O8/c1-18-8(7-3-2-4-17-6-7)5-9(14(18)22)25-16-12(21)10(19)11(20)13(26-16)15(23)24/h2-4,6,8-13,16,19-21H,5H2,1H3,(H,23,24)/t8-,9+,10?,11?,12?,13?,16?/m0/s1/i1D3. The number of carboxylic acids is 1. The smallest absolute Gasteiger partial charge is 0.335 e. The van der Waals surface area contributed by atoms with Gasteiger partial charge in [-0.15, -0.1) is 0 Å². The third kappa shape index (κ3) is 3.29. The van der Waals surface area contributed by atoms with Crippen molar-refractivity contribution in [2.75, 3.05) is 6.98 Å². The molecule has 0 radical (unpaired) electrons. The van der Waals surface area contributed by atoms with Crippen LogP contribution in [-0.4, -0.2) is 86.0 Å². The predicted octanol–water partition coefficient (Wildman–Crippen LogP) is -1.74. The number of aromatic nitrogens is 1. The number of likely N-dealkylation sites (tertiary alicyclic amines) is 1. The van der Waals surface area contributed by atoms with E-state index in [9.17, 15) is 24.9 Å². The molecule has 1 aromatic heterocycles. The number of aliphatic carboxylic acids is 1. The van der Waals surface area contributed by atoms with Crippen LogP contribution in [0, 0.1) is 0 Å². The molecule has 10 heteroatoms. The fraction of sp³-hybridized carbons (Fsp3) is 0.562. The molecule has 26 heavy (non-hydrogen) atoms. The number of nitrogens with zero attached hydrogens (tertiary/aromatic N) is 2. The molecule has 0 aliphatic carbocycles. The number of hydrogen-bond donors (Lipinski definition) is 4. The summed E-state index contributed by atoms with van der Waals surface area (Å²) in [5.74, 6) is -2.52. The summed E-state index contributed by atoms with van der Waals surface area (Å²) >= 11 is 0. The van der Waals surface area contributed by atoms with Crippen LogP contribution < -0.4 is 0 Å². The van der Waals surface area contributed by atoms with Gasteiger partial charge in [-0.2, -0.15) is 0 Å². The third-order valence-corrected chi connectivity index (χ3v) is 4.44. The average Bonchev–Trinajstić information content (AvgIpc) is 2.99. The quantitative estimate of drug-likeness (QED) is 0.484. The zero-order chi connectivity index (χ0) is 21.5. The van der Waals surface area contributed by atoms with Crippen molar-refractivity contribution in [2.24, 2.45) is 0 Å². The molecule has 3 heterocycles. The molecule has 2 aliphatic rings. The van der Waals surface area contributed by atoms with E-state index in [0.29, 0.717) is 10.5 Å². The van der Waals surface area contributed by atoms with E-state index < -0.39 is 61.7 Å². The highest BCUT2D eigenvalue weighted by molar-refractivity contribution is 5.83. The Balaban J connectivity index is 1.83. The van der Waals surface area contributed by atoms with Crippen LogP contribution in [0.2, 0.25) is 0 Å². The average molecular weight is 371 g/mol. The second-order valence-corrected chi connectivity index (χ2v) is 6.11. The van der Waals surface area contributed by atoms with Crippen molar-refractivity contribution in [1.29, 1.82) is 0 Å². The Labute approximate surface area is 152 Å². The maximum absolute atomic E-state index is 12.7. The topological polar surface area (TPSA) is 150 Å². The second kappa shape index (κ2) is 7.25. The largest absolute Gasteiger partial charge is 0.479 e. The Hall–Kier alpha value is -2.11. The summed E-state index contributed by atoms with van der Waals surface area (Å²) in [5, 5.41) is 38.7. The Morgan fingerprint density at radius 3 is 2.77 bits per heavy atom. The zero-order valence-corrected chi connectivity index (χ0v) is 13.4. The molecule has 0 spiro atoms. The first-order valence-corrected chi connectivity index (χ1v) is 7.83. The van der Waals surface area contributed by atoms with Crippen LogP contribution in [0.4, 0.5) is 0 Å². The molecule has 5 unspecified atom stereocenters. The van der Waals surface area contributed by atoms with Crippen LogP contribution in [0.15, 0.2) is 24.5 Å². The molecule has 2 fully saturated rings. The number of rotatable bonds is 4. The Kier molecular flexibility index (Phi) is 4.18. The highest BCUT2D eigenvalue weighted by Gasteiger charge is 2.50. The molecule has 2 aliphatic heterocycles. The molecular formula is C16H20N2O8. The number of hydrogen-bond acceptors (Lipinski definition) is 8. The van der Waals surface area contributed by atoms with E-state index in [1.54, 1.807) is 12.1 Å². The van der Waals surface area contributed by atoms with E-state index in [1.807, 2.05) is 0 Å². The van der Waals surface area contributed by atoms with E-state index in [-0.39, 0.29) is 6.42 Å². The second-order valence-electron chi connectivity index (χ2n) is 6.11. The summed E-state index contributed by atoms with van der Waals surface area (Å²) in [5.41, 5.74) is 0.451. The number of carbonyl (C=O) groups is 2. The number of ether oxygens (including phenoxy) is 2. The summed E-state index contributed by atoms with van der Waals surface area (Å²) in [6, 6.07) is 2.27. The van der Waals surface area contributed by atoms with Crippen molar-refractivity contribution in [3.63, 3.8) is 0 Å². The number of pyridine rings is 1. The van der Waals surface area contributed by atoms with E-state index in [4.69, 9.17) is 18.7 Å². The fourth-order valence-corrected chi connectivity index (χ4v) is 3.02. The van der Waals surface area contributed by atoms with Crippen LogP contribution in [0.5, 0.6) is 0 Å². The van der Waals surface area contributed by atoms with E-state index >= 15 is 0 Å². The van der Waals surface area contributed by atoms with Crippen LogP contribution in [0.25, 0.3) is 0 Å². The van der Waals surface area contributed by atoms with Gasteiger partial charge in [-0.05, 0) is 11.6 Å². The van der Waals surface area contributed by atoms with Crippen molar-refractivity contribution in [1.82, 2.24) is 9.88 Å². The van der Waals surface area contributed by atoms with Gasteiger partial charge in [-0.25, -0.2) is 4.79 Å². The van der Waals surface area contributed by atoms with Crippen LogP contribution >= 0.6 is 0 Å². The minimum atomic E-state index is -2.79. The molecule has 10 nitrogen and oxygen atoms in total. The van der Waals surface area contributed by atoms with Gasteiger partial charge in [0.15, 0.2) is 12.4 Å². The molecule has 0 saturated carbocycles. The zero-order valence-electron chi connectivity index (χ0n) is 16.4. The molecular weight excluding hydrogens is 348 g/mol. The normalized spacial score (nSPS) is 40.0. The molecule has 7 atom stereocenters. The van der Waals surface area contributed by atoms with Crippen molar-refractivity contribution in [2.45, 2.75) is 49.3 Å². The summed E-state index contributed by atoms with van der Waals surface area (Å²) < 4.78 is 33.4. The van der Waals surface area contributed by atoms with Crippen LogP contribution in [-0.2, 0) is 19.1 Å². The van der Waals surface area contributed by atoms with Crippen LogP contribution in [0.1, 0.15) is 22.1 Å². The van der Waals surface area contributed by atoms with E-state index in [2.05, 4.69) is 4.98 Å². The van der Waals surface area contributed by atoms with Gasteiger partial charge in [-0.1, -0.05) is 6.07 Å². The highest BCUT2D eigenvalue weighted by Crippen LogP contribution is 2.34. The summed E-state index contributed by atoms with van der Waals surface area (Å²) in [4.78, 5) is 28.5. The van der Waals surface area contributed by atoms with Gasteiger partial charge in [-0.3, -0.25) is 9.78 Å². The first kappa shape index (κ1) is 15.0. The minimum absolute atomic E-state index is 0.133. The summed E-state index contributed by atoms with van der Waals surface area (Å²) in [6.45, 7) is -2.79. The molecule has 1 aromatic rings. The van der Waals surface area contributed by atoms with Crippen molar-refractivity contribution in [3.05, 3.63) is 30.1 Å². The lowest BCUT2D eigenvalue weighted by molar-refractivity contribution is -0.301. The van der Waals surface area contributed by atoms with E-state index in [0.717, 1.165) is 0 Å². The highest BCUT2D eigenvalue weighted by atomic mass is 16.7. The number of likely N-dealkylation sites (N-methyl/N-ethyl adjacent to an activating group) is 1. The van der Waals surface area contributed by atoms with Gasteiger partial charge in [0.1, 0.15) is 24.4 Å². The Morgan fingerprint density at radius 2 is 2.15 bits per heavy atom. The van der Waals surface area contributed by atoms with Crippen LogP contribution in [0.3, 0.4) is 0 Å². The lowest BCUT2D eigenvalue weighted by atomic mass is 9.99. The maximum Gasteiger partial charge on any atom is 0.335 e. The maximum atomic E-state index is 12.7. The lowest BCUT2D eigenvalue weighted by Gasteiger charge is -2.39. The van der Waals surface area contributed by atoms with Crippen molar-refractivity contribution < 1.29 is 43.6 Å². The van der Waals surface area contributed by atoms with Crippen molar-refractivity contribution in [3.8, 4) is 0 Å². The number of carbonyl (C=O) groups excluding carboxylic acids is 1. The molecule has 3 rings (SSSR count). The summed E-state index contributed by atoms with van der Waals surface area (Å²) in [6.07, 6.45) is -7.97. The first-order valence-electron chi connectivity index (χ1n) is 9.33. The van der Waals surface area contributed by atoms with E-state index in [1.165, 1.54) is 12.4 Å². The molecule has 1 amide bonds. The van der Waals surface area contributed by atoms with Gasteiger partial charge in [0.05, 0.1) is 6.04 Å². The Morgan fingerprint density at radius 1 is 1.38 bits per heavy atom. The van der Waals surface area contributed by atoms with Gasteiger partial charge < -0.3 is 34.8 Å². The fourth-order valence-electron chi connectivity index (χ4n) is 3.02. The Bertz CT molecular complexity index is 764. The SMILES string of the molecule is [2H]C([2H])([2H])N1C(=O)[C@H](OC2OC(C(=O)O)C(O)C(O)C2O)C[C@H]1c1cccnc1. The number of amides is 1. The monoisotopic (exact) mass is 371 g/mol. The number of aliphatic hydroxyl groups is 3. The summed E-state index contributed by atoms with van der Waals surface area (Å²) in [7, 11) is 0. The predicted molar refractivity (Wildman–Crippen MR) is 83.6 cm³/mol. The molecule has 4 N–H and O–H groups in total. The van der Waals surface area contributed by atoms with Crippen molar-refractivity contribution >= 4 is 11.9 Å². The first-order chi connectivity index (χ1) is 13.5. The third-order valence-electron chi connectivity index (χ3n) is 4.44. The molecule has 142 valence electrons. The number of carboxylic acid groups (broad SMARTS) is 1. The van der Waals surface area contributed by atoms with Gasteiger partial charge >= 0.3 is 5.97 Å². The minimum Gasteiger partial charge on any atom is -0.479 e. The lowest BCUT2D eigenvalue weighted by Crippen LogP contribution is -2.61. The van der Waals surface area contributed by atoms with Gasteiger partial charge in [0.25, 0.3) is 5.91 Å². The van der Waals surface area contributed by atoms with Gasteiger partial charge in [0.2, 0.25) is 0 Å². The molecule has 0 bridgehead atoms. The van der Waals surface area contributed by atoms with Gasteiger partial charge in [0, 0.05) is 29.9 Å². The molecule has 2 saturated heterocycles. The molecule has 0 aromatic carbocycles. The number of aliphatic hydroxyl groups excluding tert-OH is 3.